The Morgan fingerprint density at radius 3 is 2.47 bits per heavy atom. The molecule has 3 heteroatoms. The van der Waals surface area contributed by atoms with Crippen LogP contribution < -0.4 is 4.74 Å². The Bertz CT molecular complexity index is 509. The average Bonchev–Trinajstić information content (AvgIpc) is 2.40. The van der Waals surface area contributed by atoms with E-state index in [9.17, 15) is 0 Å². The van der Waals surface area contributed by atoms with E-state index in [-0.39, 0.29) is 0 Å². The summed E-state index contributed by atoms with van der Waals surface area (Å²) in [6, 6.07) is 16.0. The Morgan fingerprint density at radius 2 is 1.82 bits per heavy atom. The minimum atomic E-state index is 0.560. The maximum absolute atomic E-state index is 7.02. The molecule has 0 spiro atoms. The Hall–Kier alpha value is -2.16. The van der Waals surface area contributed by atoms with Gasteiger partial charge in [0.15, 0.2) is 0 Å². The molecule has 0 unspecified atom stereocenters. The van der Waals surface area contributed by atoms with Gasteiger partial charge in [-0.15, -0.1) is 0 Å². The van der Waals surface area contributed by atoms with Crippen molar-refractivity contribution in [1.82, 2.24) is 0 Å². The van der Waals surface area contributed by atoms with Gasteiger partial charge in [-0.1, -0.05) is 36.4 Å². The van der Waals surface area contributed by atoms with Gasteiger partial charge in [0.05, 0.1) is 7.11 Å². The normalized spacial score (nSPS) is 9.94. The van der Waals surface area contributed by atoms with Gasteiger partial charge in [-0.2, -0.15) is 5.11 Å². The zero-order valence-electron chi connectivity index (χ0n) is 9.68. The van der Waals surface area contributed by atoms with Gasteiger partial charge >= 0.3 is 0 Å². The summed E-state index contributed by atoms with van der Waals surface area (Å²) in [6.07, 6.45) is 0.857. The summed E-state index contributed by atoms with van der Waals surface area (Å²) < 4.78 is 5.20. The van der Waals surface area contributed by atoms with Crippen molar-refractivity contribution in [3.05, 3.63) is 59.7 Å². The number of rotatable bonds is 4. The first-order valence-corrected chi connectivity index (χ1v) is 5.42. The molecule has 1 N–H and O–H groups in total. The van der Waals surface area contributed by atoms with Crippen LogP contribution >= 0.6 is 0 Å². The summed E-state index contributed by atoms with van der Waals surface area (Å²) in [6.45, 7) is 0. The molecule has 0 amide bonds. The summed E-state index contributed by atoms with van der Waals surface area (Å²) in [5.74, 6) is 0.647. The monoisotopic (exact) mass is 226 g/mol. The zero-order valence-corrected chi connectivity index (χ0v) is 9.68. The van der Waals surface area contributed by atoms with Crippen LogP contribution in [0.2, 0.25) is 0 Å². The van der Waals surface area contributed by atoms with Crippen molar-refractivity contribution in [2.24, 2.45) is 5.11 Å². The molecule has 17 heavy (non-hydrogen) atoms. The maximum Gasteiger partial charge on any atom is 0.146 e. The van der Waals surface area contributed by atoms with Crippen LogP contribution in [0, 0.1) is 5.53 Å². The summed E-state index contributed by atoms with van der Waals surface area (Å²) in [5, 5.41) is 3.41. The van der Waals surface area contributed by atoms with Gasteiger partial charge in [0.1, 0.15) is 11.4 Å². The second kappa shape index (κ2) is 5.25. The summed E-state index contributed by atoms with van der Waals surface area (Å²) in [7, 11) is 1.59. The van der Waals surface area contributed by atoms with Crippen molar-refractivity contribution in [3.63, 3.8) is 0 Å². The third-order valence-electron chi connectivity index (χ3n) is 2.62. The largest absolute Gasteiger partial charge is 0.494 e. The Morgan fingerprint density at radius 1 is 1.06 bits per heavy atom. The van der Waals surface area contributed by atoms with E-state index in [0.717, 1.165) is 12.0 Å². The van der Waals surface area contributed by atoms with Crippen LogP contribution in [0.3, 0.4) is 0 Å². The van der Waals surface area contributed by atoms with Crippen LogP contribution in [0.4, 0.5) is 5.69 Å². The molecule has 86 valence electrons. The fraction of sp³-hybridized carbons (Fsp3) is 0.143. The van der Waals surface area contributed by atoms with Crippen LogP contribution in [0.1, 0.15) is 11.1 Å². The molecule has 0 radical (unpaired) electrons. The van der Waals surface area contributed by atoms with Crippen LogP contribution in [0.15, 0.2) is 53.6 Å². The first kappa shape index (κ1) is 11.3. The first-order chi connectivity index (χ1) is 8.33. The number of hydrogen-bond donors (Lipinski definition) is 1. The highest BCUT2D eigenvalue weighted by atomic mass is 16.5. The number of nitrogens with zero attached hydrogens (tertiary/aromatic N) is 1. The van der Waals surface area contributed by atoms with Gasteiger partial charge in [0.25, 0.3) is 0 Å². The van der Waals surface area contributed by atoms with E-state index in [4.69, 9.17) is 10.3 Å². The van der Waals surface area contributed by atoms with E-state index in [1.165, 1.54) is 5.56 Å². The summed E-state index contributed by atoms with van der Waals surface area (Å²) >= 11 is 0. The van der Waals surface area contributed by atoms with Gasteiger partial charge < -0.3 is 4.74 Å². The summed E-state index contributed by atoms with van der Waals surface area (Å²) in [4.78, 5) is 0. The van der Waals surface area contributed by atoms with Crippen molar-refractivity contribution in [1.29, 1.82) is 5.53 Å². The van der Waals surface area contributed by atoms with Crippen LogP contribution in [-0.2, 0) is 6.42 Å². The van der Waals surface area contributed by atoms with Gasteiger partial charge in [-0.3, -0.25) is 0 Å². The van der Waals surface area contributed by atoms with Gasteiger partial charge in [0.2, 0.25) is 0 Å². The Balaban J connectivity index is 2.25. The molecule has 0 aromatic heterocycles. The predicted octanol–water partition coefficient (Wildman–Crippen LogP) is 3.95. The molecule has 2 aromatic carbocycles. The molecule has 2 rings (SSSR count). The van der Waals surface area contributed by atoms with E-state index in [2.05, 4.69) is 17.2 Å². The van der Waals surface area contributed by atoms with Crippen molar-refractivity contribution >= 4 is 5.69 Å². The van der Waals surface area contributed by atoms with Crippen molar-refractivity contribution in [2.45, 2.75) is 6.42 Å². The van der Waals surface area contributed by atoms with E-state index < -0.39 is 0 Å². The average molecular weight is 226 g/mol. The second-order valence-corrected chi connectivity index (χ2v) is 3.78. The van der Waals surface area contributed by atoms with Crippen LogP contribution in [0.5, 0.6) is 5.75 Å². The molecule has 0 aliphatic carbocycles. The molecule has 0 atom stereocenters. The van der Waals surface area contributed by atoms with E-state index in [0.29, 0.717) is 11.4 Å². The molecule has 0 bridgehead atoms. The first-order valence-electron chi connectivity index (χ1n) is 5.42. The highest BCUT2D eigenvalue weighted by Crippen LogP contribution is 2.28. The number of methoxy groups -OCH3 is 1. The fourth-order valence-corrected chi connectivity index (χ4v) is 1.76. The molecule has 0 fully saturated rings. The van der Waals surface area contributed by atoms with E-state index in [1.807, 2.05) is 36.4 Å². The molecule has 0 saturated carbocycles. The Kier molecular flexibility index (Phi) is 3.50. The summed E-state index contributed by atoms with van der Waals surface area (Å²) in [5.41, 5.74) is 9.99. The number of ether oxygens (including phenoxy) is 1. The van der Waals surface area contributed by atoms with Crippen LogP contribution in [0.25, 0.3) is 0 Å². The maximum atomic E-state index is 7.02. The standard InChI is InChI=1S/C14H14N2O/c1-17-14-10-12(7-8-13(14)16-15)9-11-5-3-2-4-6-11/h2-8,10,15H,9H2,1H3. The molecule has 0 saturated heterocycles. The molecule has 3 nitrogen and oxygen atoms in total. The number of nitrogens with one attached hydrogen (secondary N) is 1. The molecular weight excluding hydrogens is 212 g/mol. The number of hydrogen-bond acceptors (Lipinski definition) is 3. The highest BCUT2D eigenvalue weighted by Gasteiger charge is 2.03. The van der Waals surface area contributed by atoms with Crippen molar-refractivity contribution < 1.29 is 4.74 Å². The zero-order chi connectivity index (χ0) is 12.1. The smallest absolute Gasteiger partial charge is 0.146 e. The third-order valence-corrected chi connectivity index (χ3v) is 2.62. The van der Waals surface area contributed by atoms with Crippen molar-refractivity contribution in [2.75, 3.05) is 7.11 Å². The SMILES string of the molecule is COc1cc(Cc2ccccc2)ccc1N=N. The Labute approximate surface area is 101 Å². The fourth-order valence-electron chi connectivity index (χ4n) is 1.76. The van der Waals surface area contributed by atoms with Crippen molar-refractivity contribution in [3.8, 4) is 5.75 Å². The topological polar surface area (TPSA) is 45.4 Å². The highest BCUT2D eigenvalue weighted by molar-refractivity contribution is 5.53. The minimum absolute atomic E-state index is 0.560. The quantitative estimate of drug-likeness (QED) is 0.788. The van der Waals surface area contributed by atoms with Gasteiger partial charge in [-0.05, 0) is 29.7 Å². The lowest BCUT2D eigenvalue weighted by atomic mass is 10.0. The lowest BCUT2D eigenvalue weighted by molar-refractivity contribution is 0.415. The molecular formula is C14H14N2O. The minimum Gasteiger partial charge on any atom is -0.494 e. The van der Waals surface area contributed by atoms with E-state index in [1.54, 1.807) is 7.11 Å². The third kappa shape index (κ3) is 2.69. The van der Waals surface area contributed by atoms with E-state index >= 15 is 0 Å². The lowest BCUT2D eigenvalue weighted by Gasteiger charge is -2.07. The van der Waals surface area contributed by atoms with Gasteiger partial charge in [-0.25, -0.2) is 5.53 Å². The van der Waals surface area contributed by atoms with Gasteiger partial charge in [0, 0.05) is 0 Å². The molecule has 0 aliphatic rings. The lowest BCUT2D eigenvalue weighted by Crippen LogP contribution is -1.90. The molecule has 0 aliphatic heterocycles. The second-order valence-electron chi connectivity index (χ2n) is 3.78. The van der Waals surface area contributed by atoms with Crippen LogP contribution in [-0.4, -0.2) is 7.11 Å². The predicted molar refractivity (Wildman–Crippen MR) is 67.0 cm³/mol. The number of benzene rings is 2. The molecule has 2 aromatic rings. The molecule has 0 heterocycles.